The monoisotopic (exact) mass is 492 g/mol. The fourth-order valence-corrected chi connectivity index (χ4v) is 6.57. The smallest absolute Gasteiger partial charge is 0.238 e. The van der Waals surface area contributed by atoms with Crippen LogP contribution in [0.25, 0.3) is 0 Å². The van der Waals surface area contributed by atoms with Gasteiger partial charge in [-0.25, -0.2) is 0 Å². The first-order valence-electron chi connectivity index (χ1n) is 10.8. The van der Waals surface area contributed by atoms with Crippen molar-refractivity contribution in [3.05, 3.63) is 83.9 Å². The summed E-state index contributed by atoms with van der Waals surface area (Å²) < 4.78 is 10.5. The molecular weight excluding hydrogens is 468 g/mol. The lowest BCUT2D eigenvalue weighted by atomic mass is 10.1. The van der Waals surface area contributed by atoms with Gasteiger partial charge >= 0.3 is 0 Å². The summed E-state index contributed by atoms with van der Waals surface area (Å²) in [5.74, 6) is 2.57. The van der Waals surface area contributed by atoms with Crippen molar-refractivity contribution in [1.82, 2.24) is 0 Å². The van der Waals surface area contributed by atoms with E-state index in [1.165, 1.54) is 0 Å². The molecule has 2 aliphatic rings. The molecule has 0 saturated carbocycles. The van der Waals surface area contributed by atoms with Crippen LogP contribution in [-0.2, 0) is 9.59 Å². The maximum absolute atomic E-state index is 12.8. The van der Waals surface area contributed by atoms with Gasteiger partial charge in [-0.2, -0.15) is 0 Å². The number of hydrogen-bond acceptors (Lipinski definition) is 6. The van der Waals surface area contributed by atoms with Crippen molar-refractivity contribution < 1.29 is 19.1 Å². The van der Waals surface area contributed by atoms with Gasteiger partial charge in [0.1, 0.15) is 22.2 Å². The zero-order valence-electron chi connectivity index (χ0n) is 18.8. The Balaban J connectivity index is 1.40. The van der Waals surface area contributed by atoms with Crippen LogP contribution >= 0.6 is 23.5 Å². The molecule has 0 spiro atoms. The van der Waals surface area contributed by atoms with Crippen LogP contribution in [-0.4, -0.2) is 37.5 Å². The van der Waals surface area contributed by atoms with E-state index in [1.54, 1.807) is 37.7 Å². The molecule has 2 fully saturated rings. The zero-order valence-corrected chi connectivity index (χ0v) is 20.5. The second kappa shape index (κ2) is 9.64. The van der Waals surface area contributed by atoms with E-state index in [0.717, 1.165) is 34.0 Å². The highest BCUT2D eigenvalue weighted by atomic mass is 32.2. The van der Waals surface area contributed by atoms with Gasteiger partial charge in [0, 0.05) is 11.4 Å². The van der Waals surface area contributed by atoms with E-state index in [9.17, 15) is 9.59 Å². The number of carbonyl (C=O) groups is 2. The Bertz CT molecular complexity index is 1090. The summed E-state index contributed by atoms with van der Waals surface area (Å²) in [7, 11) is 3.28. The number of thioether (sulfide) groups is 2. The van der Waals surface area contributed by atoms with Crippen LogP contribution in [0.15, 0.2) is 72.8 Å². The summed E-state index contributed by atoms with van der Waals surface area (Å²) in [6.07, 6.45) is 0. The molecule has 3 aromatic carbocycles. The van der Waals surface area contributed by atoms with Crippen LogP contribution in [0.4, 0.5) is 11.4 Å². The average Bonchev–Trinajstić information content (AvgIpc) is 3.46. The number of carbonyl (C=O) groups excluding carboxylic acids is 2. The Kier molecular flexibility index (Phi) is 6.43. The lowest BCUT2D eigenvalue weighted by Gasteiger charge is -2.27. The first-order valence-corrected chi connectivity index (χ1v) is 12.9. The van der Waals surface area contributed by atoms with Gasteiger partial charge in [-0.15, -0.1) is 23.5 Å². The van der Waals surface area contributed by atoms with Crippen molar-refractivity contribution in [3.63, 3.8) is 0 Å². The lowest BCUT2D eigenvalue weighted by Crippen LogP contribution is -2.29. The van der Waals surface area contributed by atoms with Crippen LogP contribution in [0, 0.1) is 0 Å². The second-order valence-corrected chi connectivity index (χ2v) is 10.1. The fourth-order valence-electron chi connectivity index (χ4n) is 4.21. The van der Waals surface area contributed by atoms with Gasteiger partial charge in [-0.3, -0.25) is 19.4 Å². The molecule has 34 heavy (non-hydrogen) atoms. The SMILES string of the molecule is COc1ccc([C@@H]2SCC(=O)N2c2ccc(N3C(=O)CS[C@H]3c3ccc(OC)cc3)cc2)cc1. The highest BCUT2D eigenvalue weighted by molar-refractivity contribution is 8.01. The number of amides is 2. The molecule has 2 saturated heterocycles. The molecule has 0 aromatic heterocycles. The van der Waals surface area contributed by atoms with E-state index in [2.05, 4.69) is 0 Å². The minimum Gasteiger partial charge on any atom is -0.497 e. The van der Waals surface area contributed by atoms with E-state index < -0.39 is 0 Å². The maximum Gasteiger partial charge on any atom is 0.238 e. The molecule has 2 heterocycles. The number of nitrogens with zero attached hydrogens (tertiary/aromatic N) is 2. The second-order valence-electron chi connectivity index (χ2n) is 7.92. The first kappa shape index (κ1) is 22.7. The third-order valence-electron chi connectivity index (χ3n) is 5.94. The number of anilines is 2. The Morgan fingerprint density at radius 3 is 1.29 bits per heavy atom. The maximum atomic E-state index is 12.8. The first-order chi connectivity index (χ1) is 16.6. The zero-order chi connectivity index (χ0) is 23.7. The van der Waals surface area contributed by atoms with Crippen LogP contribution in [0.5, 0.6) is 11.5 Å². The molecule has 8 heteroatoms. The van der Waals surface area contributed by atoms with Gasteiger partial charge in [-0.1, -0.05) is 24.3 Å². The van der Waals surface area contributed by atoms with Crippen molar-refractivity contribution in [1.29, 1.82) is 0 Å². The summed E-state index contributed by atoms with van der Waals surface area (Å²) >= 11 is 3.22. The van der Waals surface area contributed by atoms with Crippen molar-refractivity contribution in [2.24, 2.45) is 0 Å². The van der Waals surface area contributed by atoms with Gasteiger partial charge in [0.05, 0.1) is 25.7 Å². The normalized spacial score (nSPS) is 20.2. The molecule has 0 unspecified atom stereocenters. The summed E-state index contributed by atoms with van der Waals surface area (Å²) in [4.78, 5) is 29.2. The van der Waals surface area contributed by atoms with Gasteiger partial charge in [0.25, 0.3) is 0 Å². The van der Waals surface area contributed by atoms with E-state index in [-0.39, 0.29) is 22.6 Å². The van der Waals surface area contributed by atoms with Crippen LogP contribution < -0.4 is 19.3 Å². The third-order valence-corrected chi connectivity index (χ3v) is 8.37. The molecule has 3 aromatic rings. The number of benzene rings is 3. The molecule has 2 amide bonds. The minimum absolute atomic E-state index is 0.0717. The van der Waals surface area contributed by atoms with E-state index in [1.807, 2.05) is 82.6 Å². The Morgan fingerprint density at radius 1 is 0.618 bits per heavy atom. The molecule has 174 valence electrons. The van der Waals surface area contributed by atoms with Gasteiger partial charge < -0.3 is 9.47 Å². The van der Waals surface area contributed by atoms with Crippen molar-refractivity contribution in [3.8, 4) is 11.5 Å². The highest BCUT2D eigenvalue weighted by Gasteiger charge is 2.36. The van der Waals surface area contributed by atoms with Crippen molar-refractivity contribution in [2.75, 3.05) is 35.5 Å². The molecular formula is C26H24N2O4S2. The van der Waals surface area contributed by atoms with Gasteiger partial charge in [0.2, 0.25) is 11.8 Å². The molecule has 6 nitrogen and oxygen atoms in total. The minimum atomic E-state index is -0.0970. The Morgan fingerprint density at radius 2 is 0.971 bits per heavy atom. The number of hydrogen-bond donors (Lipinski definition) is 0. The van der Waals surface area contributed by atoms with Gasteiger partial charge in [-0.05, 0) is 59.7 Å². The highest BCUT2D eigenvalue weighted by Crippen LogP contribution is 2.45. The molecule has 0 N–H and O–H groups in total. The quantitative estimate of drug-likeness (QED) is 0.468. The summed E-state index contributed by atoms with van der Waals surface area (Å²) in [6.45, 7) is 0. The van der Waals surface area contributed by atoms with Crippen LogP contribution in [0.2, 0.25) is 0 Å². The number of ether oxygens (including phenoxy) is 2. The van der Waals surface area contributed by atoms with E-state index in [4.69, 9.17) is 9.47 Å². The van der Waals surface area contributed by atoms with Crippen LogP contribution in [0.3, 0.4) is 0 Å². The predicted octanol–water partition coefficient (Wildman–Crippen LogP) is 5.26. The number of rotatable bonds is 6. The number of methoxy groups -OCH3 is 2. The summed E-state index contributed by atoms with van der Waals surface area (Å²) in [5, 5.41) is -0.194. The molecule has 0 radical (unpaired) electrons. The molecule has 0 aliphatic carbocycles. The third kappa shape index (κ3) is 4.23. The van der Waals surface area contributed by atoms with E-state index >= 15 is 0 Å². The van der Waals surface area contributed by atoms with E-state index in [0.29, 0.717) is 11.5 Å². The average molecular weight is 493 g/mol. The van der Waals surface area contributed by atoms with Crippen molar-refractivity contribution in [2.45, 2.75) is 10.7 Å². The predicted molar refractivity (Wildman–Crippen MR) is 138 cm³/mol. The Hall–Kier alpha value is -3.10. The van der Waals surface area contributed by atoms with Crippen molar-refractivity contribution >= 4 is 46.7 Å². The summed E-state index contributed by atoms with van der Waals surface area (Å²) in [5.41, 5.74) is 3.73. The Labute approximate surface area is 207 Å². The molecule has 2 aliphatic heterocycles. The standard InChI is InChI=1S/C26H24N2O4S2/c1-31-21-11-3-17(4-12-21)25-27(23(29)15-33-25)19-7-9-20(10-8-19)28-24(30)16-34-26(28)18-5-13-22(32-2)14-6-18/h3-14,25-26H,15-16H2,1-2H3/t25-,26-/m0/s1. The molecule has 2 atom stereocenters. The fraction of sp³-hybridized carbons (Fsp3) is 0.231. The summed E-state index contributed by atoms with van der Waals surface area (Å²) in [6, 6.07) is 23.3. The molecule has 5 rings (SSSR count). The molecule has 0 bridgehead atoms. The largest absolute Gasteiger partial charge is 0.497 e. The topological polar surface area (TPSA) is 59.1 Å². The lowest BCUT2D eigenvalue weighted by molar-refractivity contribution is -0.116. The van der Waals surface area contributed by atoms with Crippen LogP contribution in [0.1, 0.15) is 21.9 Å². The van der Waals surface area contributed by atoms with Gasteiger partial charge in [0.15, 0.2) is 0 Å².